The van der Waals surface area contributed by atoms with Crippen LogP contribution in [0.2, 0.25) is 5.02 Å². The predicted molar refractivity (Wildman–Crippen MR) is 100 cm³/mol. The first-order chi connectivity index (χ1) is 13.3. The van der Waals surface area contributed by atoms with Gasteiger partial charge in [-0.3, -0.25) is 14.9 Å². The number of allylic oxidation sites excluding steroid dienone is 1. The van der Waals surface area contributed by atoms with E-state index in [0.29, 0.717) is 5.56 Å². The van der Waals surface area contributed by atoms with E-state index in [1.807, 2.05) is 0 Å². The van der Waals surface area contributed by atoms with Crippen molar-refractivity contribution in [2.75, 3.05) is 5.32 Å². The summed E-state index contributed by atoms with van der Waals surface area (Å²) in [5, 5.41) is 18.6. The molecule has 1 unspecified atom stereocenters. The third-order valence-electron chi connectivity index (χ3n) is 4.11. The molecule has 0 saturated heterocycles. The minimum absolute atomic E-state index is 0.153. The van der Waals surface area contributed by atoms with Crippen LogP contribution in [0.5, 0.6) is 0 Å². The standard InChI is InChI=1S/C18H14ClFN4O4/c1-9-15(17(25)22-11-5-6-14(20)13(19)8-11)16(23-18(26)21-9)10-3-2-4-12(7-10)24(27)28/h2-8,16H,1H3,(H,22,25)(H2,21,23,26). The molecular formula is C18H14ClFN4O4. The van der Waals surface area contributed by atoms with Crippen LogP contribution in [0.4, 0.5) is 20.6 Å². The summed E-state index contributed by atoms with van der Waals surface area (Å²) < 4.78 is 13.3. The molecular weight excluding hydrogens is 391 g/mol. The highest BCUT2D eigenvalue weighted by atomic mass is 35.5. The maximum Gasteiger partial charge on any atom is 0.319 e. The van der Waals surface area contributed by atoms with Crippen molar-refractivity contribution < 1.29 is 18.9 Å². The minimum Gasteiger partial charge on any atom is -0.327 e. The molecule has 0 bridgehead atoms. The van der Waals surface area contributed by atoms with E-state index in [4.69, 9.17) is 11.6 Å². The highest BCUT2D eigenvalue weighted by Crippen LogP contribution is 2.30. The quantitative estimate of drug-likeness (QED) is 0.533. The first kappa shape index (κ1) is 19.3. The van der Waals surface area contributed by atoms with E-state index in [1.165, 1.54) is 37.3 Å². The zero-order valence-electron chi connectivity index (χ0n) is 14.5. The lowest BCUT2D eigenvalue weighted by Crippen LogP contribution is -2.46. The Bertz CT molecular complexity index is 1020. The van der Waals surface area contributed by atoms with Gasteiger partial charge in [-0.1, -0.05) is 23.7 Å². The summed E-state index contributed by atoms with van der Waals surface area (Å²) in [6, 6.07) is 7.87. The Hall–Kier alpha value is -3.46. The molecule has 3 amide bonds. The predicted octanol–water partition coefficient (Wildman–Crippen LogP) is 3.65. The molecule has 2 aromatic rings. The van der Waals surface area contributed by atoms with Gasteiger partial charge in [-0.05, 0) is 30.7 Å². The summed E-state index contributed by atoms with van der Waals surface area (Å²) in [6.07, 6.45) is 0. The van der Waals surface area contributed by atoms with Crippen LogP contribution in [0.1, 0.15) is 18.5 Å². The molecule has 144 valence electrons. The molecule has 3 N–H and O–H groups in total. The lowest BCUT2D eigenvalue weighted by Gasteiger charge is -2.28. The monoisotopic (exact) mass is 404 g/mol. The second-order valence-corrected chi connectivity index (χ2v) is 6.41. The van der Waals surface area contributed by atoms with Crippen molar-refractivity contribution in [3.8, 4) is 0 Å². The summed E-state index contributed by atoms with van der Waals surface area (Å²) in [6.45, 7) is 1.54. The number of hydrogen-bond acceptors (Lipinski definition) is 4. The number of carbonyl (C=O) groups excluding carboxylic acids is 2. The van der Waals surface area contributed by atoms with Crippen molar-refractivity contribution in [3.05, 3.63) is 80.3 Å². The number of halogens is 2. The molecule has 8 nitrogen and oxygen atoms in total. The van der Waals surface area contributed by atoms with E-state index in [2.05, 4.69) is 16.0 Å². The van der Waals surface area contributed by atoms with E-state index in [-0.39, 0.29) is 27.7 Å². The number of carbonyl (C=O) groups is 2. The van der Waals surface area contributed by atoms with Gasteiger partial charge in [-0.25, -0.2) is 9.18 Å². The Morgan fingerprint density at radius 2 is 2.04 bits per heavy atom. The number of anilines is 1. The van der Waals surface area contributed by atoms with Crippen LogP contribution in [0.25, 0.3) is 0 Å². The van der Waals surface area contributed by atoms with Gasteiger partial charge in [0.05, 0.1) is 21.6 Å². The van der Waals surface area contributed by atoms with Gasteiger partial charge in [0.2, 0.25) is 0 Å². The smallest absolute Gasteiger partial charge is 0.319 e. The van der Waals surface area contributed by atoms with Gasteiger partial charge < -0.3 is 16.0 Å². The molecule has 0 radical (unpaired) electrons. The van der Waals surface area contributed by atoms with Crippen LogP contribution in [0.3, 0.4) is 0 Å². The third kappa shape index (κ3) is 3.94. The largest absolute Gasteiger partial charge is 0.327 e. The van der Waals surface area contributed by atoms with Gasteiger partial charge in [-0.15, -0.1) is 0 Å². The van der Waals surface area contributed by atoms with E-state index in [1.54, 1.807) is 6.07 Å². The molecule has 1 atom stereocenters. The second-order valence-electron chi connectivity index (χ2n) is 6.01. The Morgan fingerprint density at radius 1 is 1.29 bits per heavy atom. The van der Waals surface area contributed by atoms with E-state index >= 15 is 0 Å². The van der Waals surface area contributed by atoms with Crippen LogP contribution >= 0.6 is 11.6 Å². The first-order valence-corrected chi connectivity index (χ1v) is 8.43. The number of nitro groups is 1. The zero-order valence-corrected chi connectivity index (χ0v) is 15.2. The van der Waals surface area contributed by atoms with E-state index < -0.39 is 28.7 Å². The number of hydrogen-bond donors (Lipinski definition) is 3. The summed E-state index contributed by atoms with van der Waals surface area (Å²) in [5.41, 5.74) is 0.886. The zero-order chi connectivity index (χ0) is 20.4. The maximum atomic E-state index is 13.3. The third-order valence-corrected chi connectivity index (χ3v) is 4.40. The van der Waals surface area contributed by atoms with Crippen molar-refractivity contribution in [3.63, 3.8) is 0 Å². The fraction of sp³-hybridized carbons (Fsp3) is 0.111. The lowest BCUT2D eigenvalue weighted by molar-refractivity contribution is -0.384. The van der Waals surface area contributed by atoms with Crippen LogP contribution < -0.4 is 16.0 Å². The normalized spacial score (nSPS) is 16.2. The molecule has 0 fully saturated rings. The molecule has 10 heteroatoms. The van der Waals surface area contributed by atoms with Crippen molar-refractivity contribution >= 4 is 34.9 Å². The van der Waals surface area contributed by atoms with Crippen molar-refractivity contribution in [1.82, 2.24) is 10.6 Å². The number of non-ortho nitro benzene ring substituents is 1. The summed E-state index contributed by atoms with van der Waals surface area (Å²) in [5.74, 6) is -1.21. The maximum absolute atomic E-state index is 13.3. The van der Waals surface area contributed by atoms with Crippen LogP contribution in [0.15, 0.2) is 53.7 Å². The Morgan fingerprint density at radius 3 is 2.71 bits per heavy atom. The number of benzene rings is 2. The number of nitrogens with one attached hydrogen (secondary N) is 3. The molecule has 0 aliphatic carbocycles. The number of nitro benzene ring substituents is 1. The molecule has 3 rings (SSSR count). The fourth-order valence-electron chi connectivity index (χ4n) is 2.84. The van der Waals surface area contributed by atoms with Crippen molar-refractivity contribution in [2.45, 2.75) is 13.0 Å². The number of urea groups is 1. The molecule has 2 aromatic carbocycles. The van der Waals surface area contributed by atoms with Crippen molar-refractivity contribution in [1.29, 1.82) is 0 Å². The molecule has 0 spiro atoms. The SMILES string of the molecule is CC1=C(C(=O)Nc2ccc(F)c(Cl)c2)C(c2cccc([N+](=O)[O-])c2)NC(=O)N1. The van der Waals surface area contributed by atoms with Crippen LogP contribution in [0, 0.1) is 15.9 Å². The Labute approximate surface area is 163 Å². The van der Waals surface area contributed by atoms with Gasteiger partial charge in [0.15, 0.2) is 0 Å². The molecule has 1 heterocycles. The van der Waals surface area contributed by atoms with Crippen LogP contribution in [-0.2, 0) is 4.79 Å². The lowest BCUT2D eigenvalue weighted by atomic mass is 9.94. The fourth-order valence-corrected chi connectivity index (χ4v) is 3.02. The highest BCUT2D eigenvalue weighted by Gasteiger charge is 2.32. The van der Waals surface area contributed by atoms with Gasteiger partial charge in [0, 0.05) is 23.5 Å². The first-order valence-electron chi connectivity index (χ1n) is 8.05. The average Bonchev–Trinajstić information content (AvgIpc) is 2.64. The molecule has 1 aliphatic rings. The molecule has 0 saturated carbocycles. The second kappa shape index (κ2) is 7.65. The Balaban J connectivity index is 1.97. The van der Waals surface area contributed by atoms with Gasteiger partial charge in [-0.2, -0.15) is 0 Å². The minimum atomic E-state index is -0.912. The van der Waals surface area contributed by atoms with E-state index in [9.17, 15) is 24.1 Å². The Kier molecular flexibility index (Phi) is 5.27. The van der Waals surface area contributed by atoms with Gasteiger partial charge >= 0.3 is 6.03 Å². The van der Waals surface area contributed by atoms with Gasteiger partial charge in [0.1, 0.15) is 5.82 Å². The molecule has 1 aliphatic heterocycles. The number of nitrogens with zero attached hydrogens (tertiary/aromatic N) is 1. The number of rotatable bonds is 4. The highest BCUT2D eigenvalue weighted by molar-refractivity contribution is 6.31. The van der Waals surface area contributed by atoms with Gasteiger partial charge in [0.25, 0.3) is 11.6 Å². The average molecular weight is 405 g/mol. The molecule has 0 aromatic heterocycles. The molecule has 28 heavy (non-hydrogen) atoms. The van der Waals surface area contributed by atoms with E-state index in [0.717, 1.165) is 6.07 Å². The summed E-state index contributed by atoms with van der Waals surface area (Å²) in [7, 11) is 0. The number of amides is 3. The topological polar surface area (TPSA) is 113 Å². The summed E-state index contributed by atoms with van der Waals surface area (Å²) >= 11 is 5.73. The van der Waals surface area contributed by atoms with Crippen molar-refractivity contribution in [2.24, 2.45) is 0 Å². The summed E-state index contributed by atoms with van der Waals surface area (Å²) in [4.78, 5) is 35.2. The van der Waals surface area contributed by atoms with Crippen LogP contribution in [-0.4, -0.2) is 16.9 Å².